The molecule has 1 aromatic heterocycles. The highest BCUT2D eigenvalue weighted by molar-refractivity contribution is 5.79. The fraction of sp³-hybridized carbons (Fsp3) is 0.524. The van der Waals surface area contributed by atoms with Crippen LogP contribution in [0, 0.1) is 5.92 Å². The van der Waals surface area contributed by atoms with Crippen LogP contribution >= 0.6 is 0 Å². The Labute approximate surface area is 166 Å². The van der Waals surface area contributed by atoms with E-state index in [1.807, 2.05) is 37.3 Å². The summed E-state index contributed by atoms with van der Waals surface area (Å²) in [5.41, 5.74) is 1.77. The molecule has 0 radical (unpaired) electrons. The summed E-state index contributed by atoms with van der Waals surface area (Å²) in [5, 5.41) is 6.58. The maximum Gasteiger partial charge on any atom is 0.226 e. The van der Waals surface area contributed by atoms with Gasteiger partial charge in [-0.1, -0.05) is 18.2 Å². The van der Waals surface area contributed by atoms with E-state index in [2.05, 4.69) is 20.6 Å². The van der Waals surface area contributed by atoms with Gasteiger partial charge in [-0.3, -0.25) is 0 Å². The summed E-state index contributed by atoms with van der Waals surface area (Å²) in [6.45, 7) is 7.37. The zero-order valence-electron chi connectivity index (χ0n) is 16.5. The van der Waals surface area contributed by atoms with Crippen LogP contribution < -0.4 is 10.6 Å². The van der Waals surface area contributed by atoms with Crippen molar-refractivity contribution in [3.8, 4) is 11.5 Å². The molecule has 0 bridgehead atoms. The van der Waals surface area contributed by atoms with E-state index in [4.69, 9.17) is 13.9 Å². The summed E-state index contributed by atoms with van der Waals surface area (Å²) in [4.78, 5) is 9.10. The highest BCUT2D eigenvalue weighted by Gasteiger charge is 2.15. The van der Waals surface area contributed by atoms with Crippen LogP contribution in [0.2, 0.25) is 0 Å². The van der Waals surface area contributed by atoms with Crippen molar-refractivity contribution >= 4 is 5.96 Å². The molecule has 1 fully saturated rings. The van der Waals surface area contributed by atoms with Crippen molar-refractivity contribution in [1.29, 1.82) is 0 Å². The average Bonchev–Trinajstić information content (AvgIpc) is 3.41. The minimum Gasteiger partial charge on any atom is -0.444 e. The van der Waals surface area contributed by atoms with Gasteiger partial charge in [0.15, 0.2) is 5.96 Å². The smallest absolute Gasteiger partial charge is 0.226 e. The monoisotopic (exact) mass is 386 g/mol. The molecule has 1 aliphatic heterocycles. The minimum absolute atomic E-state index is 0.462. The normalized spacial score (nSPS) is 17.0. The molecule has 28 heavy (non-hydrogen) atoms. The third kappa shape index (κ3) is 6.65. The van der Waals surface area contributed by atoms with Gasteiger partial charge in [0.1, 0.15) is 12.0 Å². The highest BCUT2D eigenvalue weighted by atomic mass is 16.5. The third-order valence-electron chi connectivity index (χ3n) is 4.45. The largest absolute Gasteiger partial charge is 0.444 e. The van der Waals surface area contributed by atoms with E-state index < -0.39 is 0 Å². The number of guanidine groups is 1. The van der Waals surface area contributed by atoms with E-state index in [0.29, 0.717) is 18.4 Å². The lowest BCUT2D eigenvalue weighted by Crippen LogP contribution is -2.38. The van der Waals surface area contributed by atoms with Crippen molar-refractivity contribution in [3.63, 3.8) is 0 Å². The molecule has 7 nitrogen and oxygen atoms in total. The van der Waals surface area contributed by atoms with Crippen molar-refractivity contribution in [2.24, 2.45) is 10.9 Å². The van der Waals surface area contributed by atoms with Crippen LogP contribution in [0.4, 0.5) is 0 Å². The number of hydrogen-bond donors (Lipinski definition) is 2. The van der Waals surface area contributed by atoms with E-state index in [0.717, 1.165) is 69.6 Å². The van der Waals surface area contributed by atoms with Gasteiger partial charge in [-0.2, -0.15) is 0 Å². The van der Waals surface area contributed by atoms with Crippen LogP contribution in [-0.4, -0.2) is 50.5 Å². The topological polar surface area (TPSA) is 80.9 Å². The zero-order valence-corrected chi connectivity index (χ0v) is 16.5. The lowest BCUT2D eigenvalue weighted by molar-refractivity contribution is 0.0888. The molecule has 3 rings (SSSR count). The Morgan fingerprint density at radius 1 is 1.29 bits per heavy atom. The number of benzene rings is 1. The first kappa shape index (κ1) is 20.4. The first-order chi connectivity index (χ1) is 13.8. The second-order valence-corrected chi connectivity index (χ2v) is 6.79. The summed E-state index contributed by atoms with van der Waals surface area (Å²) in [6, 6.07) is 9.87. The predicted molar refractivity (Wildman–Crippen MR) is 109 cm³/mol. The molecular formula is C21H30N4O3. The van der Waals surface area contributed by atoms with Crippen molar-refractivity contribution in [2.45, 2.75) is 26.3 Å². The number of nitrogens with zero attached hydrogens (tertiary/aromatic N) is 2. The van der Waals surface area contributed by atoms with Crippen LogP contribution in [0.25, 0.3) is 11.5 Å². The SMILES string of the molecule is CCNC(=NCc1coc(-c2ccccc2)n1)NCCCOCC1CCOC1. The quantitative estimate of drug-likeness (QED) is 0.371. The Balaban J connectivity index is 1.39. The van der Waals surface area contributed by atoms with Crippen molar-refractivity contribution in [1.82, 2.24) is 15.6 Å². The molecule has 2 heterocycles. The van der Waals surface area contributed by atoms with Crippen molar-refractivity contribution in [2.75, 3.05) is 39.5 Å². The van der Waals surface area contributed by atoms with E-state index in [1.54, 1.807) is 6.26 Å². The molecule has 152 valence electrons. The van der Waals surface area contributed by atoms with Crippen LogP contribution in [-0.2, 0) is 16.0 Å². The molecular weight excluding hydrogens is 356 g/mol. The number of rotatable bonds is 10. The number of ether oxygens (including phenoxy) is 2. The molecule has 0 amide bonds. The minimum atomic E-state index is 0.462. The zero-order chi connectivity index (χ0) is 19.4. The Kier molecular flexibility index (Phi) is 8.33. The molecule has 2 N–H and O–H groups in total. The summed E-state index contributed by atoms with van der Waals surface area (Å²) < 4.78 is 16.7. The Morgan fingerprint density at radius 3 is 2.96 bits per heavy atom. The standard InChI is InChI=1S/C21H30N4O3/c1-2-22-21(23-10-6-11-26-14-17-9-12-27-15-17)24-13-19-16-28-20(25-19)18-7-4-3-5-8-18/h3-5,7-8,16-17H,2,6,9-15H2,1H3,(H2,22,23,24). The van der Waals surface area contributed by atoms with Crippen LogP contribution in [0.1, 0.15) is 25.5 Å². The van der Waals surface area contributed by atoms with Gasteiger partial charge in [-0.15, -0.1) is 0 Å². The Hall–Kier alpha value is -2.38. The van der Waals surface area contributed by atoms with Crippen LogP contribution in [0.15, 0.2) is 46.0 Å². The summed E-state index contributed by atoms with van der Waals surface area (Å²) >= 11 is 0. The number of aromatic nitrogens is 1. The van der Waals surface area contributed by atoms with Crippen molar-refractivity contribution < 1.29 is 13.9 Å². The van der Waals surface area contributed by atoms with Gasteiger partial charge in [-0.05, 0) is 31.9 Å². The van der Waals surface area contributed by atoms with E-state index in [9.17, 15) is 0 Å². The molecule has 1 atom stereocenters. The van der Waals surface area contributed by atoms with E-state index in [-0.39, 0.29) is 0 Å². The summed E-state index contributed by atoms with van der Waals surface area (Å²) in [6.07, 6.45) is 3.71. The average molecular weight is 386 g/mol. The molecule has 1 unspecified atom stereocenters. The van der Waals surface area contributed by atoms with Crippen LogP contribution in [0.5, 0.6) is 0 Å². The Bertz CT molecular complexity index is 711. The number of hydrogen-bond acceptors (Lipinski definition) is 5. The summed E-state index contributed by atoms with van der Waals surface area (Å²) in [5.74, 6) is 1.96. The molecule has 1 saturated heterocycles. The molecule has 0 spiro atoms. The first-order valence-corrected chi connectivity index (χ1v) is 10.0. The number of nitrogens with one attached hydrogen (secondary N) is 2. The maximum atomic E-state index is 5.73. The predicted octanol–water partition coefficient (Wildman–Crippen LogP) is 2.84. The van der Waals surface area contributed by atoms with Crippen molar-refractivity contribution in [3.05, 3.63) is 42.3 Å². The highest BCUT2D eigenvalue weighted by Crippen LogP contribution is 2.18. The van der Waals surface area contributed by atoms with Gasteiger partial charge in [0.25, 0.3) is 0 Å². The molecule has 0 aliphatic carbocycles. The second kappa shape index (κ2) is 11.5. The van der Waals surface area contributed by atoms with Gasteiger partial charge in [0.05, 0.1) is 19.8 Å². The number of oxazole rings is 1. The fourth-order valence-electron chi connectivity index (χ4n) is 2.94. The number of aliphatic imine (C=N–C) groups is 1. The third-order valence-corrected chi connectivity index (χ3v) is 4.45. The lowest BCUT2D eigenvalue weighted by atomic mass is 10.1. The second-order valence-electron chi connectivity index (χ2n) is 6.79. The molecule has 0 saturated carbocycles. The molecule has 1 aromatic carbocycles. The fourth-order valence-corrected chi connectivity index (χ4v) is 2.94. The van der Waals surface area contributed by atoms with Gasteiger partial charge in [0.2, 0.25) is 5.89 Å². The first-order valence-electron chi connectivity index (χ1n) is 10.0. The Morgan fingerprint density at radius 2 is 2.18 bits per heavy atom. The lowest BCUT2D eigenvalue weighted by Gasteiger charge is -2.12. The van der Waals surface area contributed by atoms with Gasteiger partial charge in [-0.25, -0.2) is 9.98 Å². The molecule has 1 aliphatic rings. The van der Waals surface area contributed by atoms with Crippen LogP contribution in [0.3, 0.4) is 0 Å². The maximum absolute atomic E-state index is 5.73. The summed E-state index contributed by atoms with van der Waals surface area (Å²) in [7, 11) is 0. The van der Waals surface area contributed by atoms with E-state index in [1.165, 1.54) is 0 Å². The van der Waals surface area contributed by atoms with Gasteiger partial charge in [0, 0.05) is 37.8 Å². The molecule has 2 aromatic rings. The van der Waals surface area contributed by atoms with Gasteiger partial charge < -0.3 is 24.5 Å². The molecule has 7 heteroatoms. The van der Waals surface area contributed by atoms with E-state index >= 15 is 0 Å². The van der Waals surface area contributed by atoms with Gasteiger partial charge >= 0.3 is 0 Å².